The number of amides is 1. The van der Waals surface area contributed by atoms with E-state index in [1.165, 1.54) is 0 Å². The van der Waals surface area contributed by atoms with Crippen LogP contribution in [0.3, 0.4) is 0 Å². The molecule has 1 aliphatic heterocycles. The number of aryl methyl sites for hydroxylation is 1. The Balaban J connectivity index is 1.59. The zero-order valence-electron chi connectivity index (χ0n) is 13.2. The minimum atomic E-state index is -0.143. The van der Waals surface area contributed by atoms with Gasteiger partial charge in [-0.05, 0) is 6.92 Å². The molecule has 2 aromatic rings. The fourth-order valence-electron chi connectivity index (χ4n) is 2.43. The highest BCUT2D eigenvalue weighted by molar-refractivity contribution is 5.77. The lowest BCUT2D eigenvalue weighted by Crippen LogP contribution is -2.40. The van der Waals surface area contributed by atoms with Gasteiger partial charge in [0, 0.05) is 32.0 Å². The van der Waals surface area contributed by atoms with Gasteiger partial charge < -0.3 is 14.8 Å². The van der Waals surface area contributed by atoms with Crippen molar-refractivity contribution in [3.8, 4) is 11.3 Å². The number of nitrogens with zero attached hydrogens (tertiary/aromatic N) is 5. The minimum absolute atomic E-state index is 0.0724. The third-order valence-electron chi connectivity index (χ3n) is 3.61. The fourth-order valence-corrected chi connectivity index (χ4v) is 2.43. The highest BCUT2D eigenvalue weighted by Gasteiger charge is 2.25. The number of carbonyl (C=O) groups is 1. The van der Waals surface area contributed by atoms with Gasteiger partial charge in [0.2, 0.25) is 5.91 Å². The molecular formula is C14H20N6O3. The molecule has 9 heteroatoms. The normalized spacial score (nSPS) is 17.0. The summed E-state index contributed by atoms with van der Waals surface area (Å²) in [5.41, 5.74) is 2.63. The Morgan fingerprint density at radius 1 is 1.57 bits per heavy atom. The van der Waals surface area contributed by atoms with E-state index in [0.717, 1.165) is 17.0 Å². The topological polar surface area (TPSA) is 96.1 Å². The van der Waals surface area contributed by atoms with E-state index in [1.54, 1.807) is 10.9 Å². The molecule has 0 aromatic carbocycles. The predicted molar refractivity (Wildman–Crippen MR) is 80.3 cm³/mol. The lowest BCUT2D eigenvalue weighted by Gasteiger charge is -2.24. The average molecular weight is 320 g/mol. The predicted octanol–water partition coefficient (Wildman–Crippen LogP) is -0.270. The maximum atomic E-state index is 11.5. The standard InChI is InChI=1S/C14H20N6O3/c1-3-22-9-13(21)15-5-11-7-20-12(8-23-11)14(17-18-20)10-4-16-19(2)6-10/h4,6,11H,3,5,7-9H2,1-2H3,(H,15,21)/t11-/m1/s1. The van der Waals surface area contributed by atoms with Gasteiger partial charge in [0.05, 0.1) is 31.1 Å². The molecule has 0 radical (unpaired) electrons. The van der Waals surface area contributed by atoms with Crippen LogP contribution in [-0.2, 0) is 34.5 Å². The van der Waals surface area contributed by atoms with Crippen LogP contribution in [0.25, 0.3) is 11.3 Å². The number of aromatic nitrogens is 5. The zero-order chi connectivity index (χ0) is 16.2. The Morgan fingerprint density at radius 2 is 2.43 bits per heavy atom. The maximum absolute atomic E-state index is 11.5. The summed E-state index contributed by atoms with van der Waals surface area (Å²) in [7, 11) is 1.86. The molecule has 0 fully saturated rings. The number of rotatable bonds is 6. The molecule has 1 N–H and O–H groups in total. The van der Waals surface area contributed by atoms with E-state index in [0.29, 0.717) is 26.3 Å². The summed E-state index contributed by atoms with van der Waals surface area (Å²) in [5.74, 6) is -0.143. The Bertz CT molecular complexity index is 680. The van der Waals surface area contributed by atoms with Crippen molar-refractivity contribution in [2.75, 3.05) is 19.8 Å². The Kier molecular flexibility index (Phi) is 4.68. The summed E-state index contributed by atoms with van der Waals surface area (Å²) in [4.78, 5) is 11.5. The monoisotopic (exact) mass is 320 g/mol. The summed E-state index contributed by atoms with van der Waals surface area (Å²) >= 11 is 0. The van der Waals surface area contributed by atoms with Gasteiger partial charge in [0.1, 0.15) is 12.3 Å². The first kappa shape index (κ1) is 15.6. The Hall–Kier alpha value is -2.26. The van der Waals surface area contributed by atoms with E-state index < -0.39 is 0 Å². The first-order valence-corrected chi connectivity index (χ1v) is 7.54. The third kappa shape index (κ3) is 3.57. The number of hydrogen-bond acceptors (Lipinski definition) is 6. The first-order valence-electron chi connectivity index (χ1n) is 7.54. The summed E-state index contributed by atoms with van der Waals surface area (Å²) in [5, 5.41) is 15.4. The van der Waals surface area contributed by atoms with Crippen molar-refractivity contribution in [2.45, 2.75) is 26.2 Å². The molecule has 0 saturated carbocycles. The quantitative estimate of drug-likeness (QED) is 0.787. The Morgan fingerprint density at radius 3 is 3.17 bits per heavy atom. The van der Waals surface area contributed by atoms with E-state index in [9.17, 15) is 4.79 Å². The zero-order valence-corrected chi connectivity index (χ0v) is 13.2. The molecule has 3 rings (SSSR count). The van der Waals surface area contributed by atoms with Gasteiger partial charge in [-0.1, -0.05) is 5.21 Å². The second-order valence-corrected chi connectivity index (χ2v) is 5.34. The molecule has 124 valence electrons. The highest BCUT2D eigenvalue weighted by atomic mass is 16.5. The lowest BCUT2D eigenvalue weighted by molar-refractivity contribution is -0.126. The number of fused-ring (bicyclic) bond motifs is 1. The van der Waals surface area contributed by atoms with Crippen LogP contribution in [0.5, 0.6) is 0 Å². The summed E-state index contributed by atoms with van der Waals surface area (Å²) in [6.07, 6.45) is 3.52. The van der Waals surface area contributed by atoms with Crippen LogP contribution in [0.2, 0.25) is 0 Å². The third-order valence-corrected chi connectivity index (χ3v) is 3.61. The van der Waals surface area contributed by atoms with Crippen LogP contribution in [0.4, 0.5) is 0 Å². The lowest BCUT2D eigenvalue weighted by atomic mass is 10.2. The molecule has 0 saturated heterocycles. The summed E-state index contributed by atoms with van der Waals surface area (Å²) in [6, 6.07) is 0. The van der Waals surface area contributed by atoms with Crippen molar-refractivity contribution in [2.24, 2.45) is 7.05 Å². The van der Waals surface area contributed by atoms with Crippen LogP contribution in [0.15, 0.2) is 12.4 Å². The molecule has 2 aromatic heterocycles. The molecule has 0 aliphatic carbocycles. The SMILES string of the molecule is CCOCC(=O)NC[C@@H]1Cn2nnc(-c3cnn(C)c3)c2CO1. The molecular weight excluding hydrogens is 300 g/mol. The van der Waals surface area contributed by atoms with E-state index in [1.807, 2.05) is 24.9 Å². The van der Waals surface area contributed by atoms with Crippen molar-refractivity contribution < 1.29 is 14.3 Å². The van der Waals surface area contributed by atoms with Crippen molar-refractivity contribution in [3.63, 3.8) is 0 Å². The molecule has 3 heterocycles. The summed E-state index contributed by atoms with van der Waals surface area (Å²) in [6.45, 7) is 3.83. The number of carbonyl (C=O) groups excluding carboxylic acids is 1. The van der Waals surface area contributed by atoms with Crippen LogP contribution in [0.1, 0.15) is 12.6 Å². The van der Waals surface area contributed by atoms with Crippen molar-refractivity contribution >= 4 is 5.91 Å². The van der Waals surface area contributed by atoms with Gasteiger partial charge in [-0.15, -0.1) is 5.10 Å². The Labute approximate surface area is 133 Å². The van der Waals surface area contributed by atoms with Crippen molar-refractivity contribution in [1.29, 1.82) is 0 Å². The van der Waals surface area contributed by atoms with Crippen LogP contribution in [0, 0.1) is 0 Å². The molecule has 1 amide bonds. The second-order valence-electron chi connectivity index (χ2n) is 5.34. The molecule has 0 bridgehead atoms. The minimum Gasteiger partial charge on any atom is -0.372 e. The smallest absolute Gasteiger partial charge is 0.246 e. The molecule has 0 unspecified atom stereocenters. The van der Waals surface area contributed by atoms with E-state index in [2.05, 4.69) is 20.7 Å². The van der Waals surface area contributed by atoms with Crippen LogP contribution >= 0.6 is 0 Å². The van der Waals surface area contributed by atoms with Gasteiger partial charge in [-0.2, -0.15) is 5.10 Å². The first-order chi connectivity index (χ1) is 11.2. The van der Waals surface area contributed by atoms with Crippen LogP contribution < -0.4 is 5.32 Å². The number of hydrogen-bond donors (Lipinski definition) is 1. The molecule has 23 heavy (non-hydrogen) atoms. The van der Waals surface area contributed by atoms with Gasteiger partial charge in [0.25, 0.3) is 0 Å². The fraction of sp³-hybridized carbons (Fsp3) is 0.571. The van der Waals surface area contributed by atoms with E-state index in [4.69, 9.17) is 9.47 Å². The van der Waals surface area contributed by atoms with Gasteiger partial charge in [0.15, 0.2) is 0 Å². The van der Waals surface area contributed by atoms with Gasteiger partial charge in [-0.3, -0.25) is 9.48 Å². The van der Waals surface area contributed by atoms with Crippen molar-refractivity contribution in [1.82, 2.24) is 30.1 Å². The maximum Gasteiger partial charge on any atom is 0.246 e. The number of ether oxygens (including phenoxy) is 2. The molecule has 1 atom stereocenters. The van der Waals surface area contributed by atoms with E-state index in [-0.39, 0.29) is 18.6 Å². The van der Waals surface area contributed by atoms with Crippen molar-refractivity contribution in [3.05, 3.63) is 18.1 Å². The van der Waals surface area contributed by atoms with Crippen LogP contribution in [-0.4, -0.2) is 56.5 Å². The number of nitrogens with one attached hydrogen (secondary N) is 1. The van der Waals surface area contributed by atoms with Gasteiger partial charge >= 0.3 is 0 Å². The molecule has 9 nitrogen and oxygen atoms in total. The summed E-state index contributed by atoms with van der Waals surface area (Å²) < 4.78 is 14.4. The largest absolute Gasteiger partial charge is 0.372 e. The molecule has 0 spiro atoms. The second kappa shape index (κ2) is 6.88. The van der Waals surface area contributed by atoms with E-state index >= 15 is 0 Å². The average Bonchev–Trinajstić information content (AvgIpc) is 3.16. The molecule has 1 aliphatic rings. The van der Waals surface area contributed by atoms with Gasteiger partial charge in [-0.25, -0.2) is 4.68 Å². The highest BCUT2D eigenvalue weighted by Crippen LogP contribution is 2.24.